The Balaban J connectivity index is 1.90. The van der Waals surface area contributed by atoms with Crippen LogP contribution in [-0.4, -0.2) is 59.4 Å². The minimum absolute atomic E-state index is 0.221. The van der Waals surface area contributed by atoms with Gasteiger partial charge in [-0.15, -0.1) is 0 Å². The van der Waals surface area contributed by atoms with Crippen LogP contribution in [0.15, 0.2) is 42.5 Å². The molecule has 2 aromatic carbocycles. The number of ether oxygens (including phenoxy) is 3. The molecule has 1 aliphatic heterocycles. The lowest BCUT2D eigenvalue weighted by Crippen LogP contribution is -2.54. The maximum atomic E-state index is 12.9. The number of ketones is 1. The Hall–Kier alpha value is -2.00. The lowest BCUT2D eigenvalue weighted by molar-refractivity contribution is -0.292. The third kappa shape index (κ3) is 4.45. The van der Waals surface area contributed by atoms with E-state index in [2.05, 4.69) is 0 Å². The molecule has 0 aliphatic carbocycles. The highest BCUT2D eigenvalue weighted by Crippen LogP contribution is 2.34. The number of benzene rings is 2. The van der Waals surface area contributed by atoms with Gasteiger partial charge in [0.15, 0.2) is 12.1 Å². The topological polar surface area (TPSA) is 105 Å². The summed E-state index contributed by atoms with van der Waals surface area (Å²) in [6.45, 7) is 2.39. The zero-order valence-corrected chi connectivity index (χ0v) is 16.7. The van der Waals surface area contributed by atoms with Crippen molar-refractivity contribution in [3.63, 3.8) is 0 Å². The largest absolute Gasteiger partial charge is 0.494 e. The van der Waals surface area contributed by atoms with Crippen LogP contribution in [0.1, 0.15) is 34.5 Å². The van der Waals surface area contributed by atoms with Gasteiger partial charge in [-0.25, -0.2) is 0 Å². The summed E-state index contributed by atoms with van der Waals surface area (Å²) in [5.74, 6) is 0.342. The van der Waals surface area contributed by atoms with E-state index in [1.54, 1.807) is 30.3 Å². The van der Waals surface area contributed by atoms with Gasteiger partial charge in [0.25, 0.3) is 0 Å². The minimum atomic E-state index is -1.47. The summed E-state index contributed by atoms with van der Waals surface area (Å²) in [6, 6.07) is 11.3. The predicted octanol–water partition coefficient (Wildman–Crippen LogP) is 2.10. The number of hydrogen-bond donors (Lipinski definition) is 3. The maximum absolute atomic E-state index is 12.9. The summed E-state index contributed by atoms with van der Waals surface area (Å²) < 4.78 is 16.0. The van der Waals surface area contributed by atoms with E-state index in [1.807, 2.05) is 6.92 Å². The lowest BCUT2D eigenvalue weighted by atomic mass is 9.92. The molecule has 2 aromatic rings. The van der Waals surface area contributed by atoms with Gasteiger partial charge in [-0.3, -0.25) is 4.79 Å². The van der Waals surface area contributed by atoms with E-state index in [4.69, 9.17) is 25.8 Å². The monoisotopic (exact) mass is 422 g/mol. The van der Waals surface area contributed by atoms with Gasteiger partial charge in [0.2, 0.25) is 0 Å². The van der Waals surface area contributed by atoms with Crippen molar-refractivity contribution in [1.29, 1.82) is 0 Å². The van der Waals surface area contributed by atoms with E-state index in [1.165, 1.54) is 19.2 Å². The Morgan fingerprint density at radius 1 is 1.07 bits per heavy atom. The first-order chi connectivity index (χ1) is 13.9. The van der Waals surface area contributed by atoms with Crippen LogP contribution >= 0.6 is 11.6 Å². The average Bonchev–Trinajstić information content (AvgIpc) is 2.73. The molecule has 1 aliphatic rings. The third-order valence-electron chi connectivity index (χ3n) is 4.79. The standard InChI is InChI=1S/C21H23ClO7/c1-3-28-13-7-4-11(5-8-13)16(23)14-10-12(6-9-15(14)22)20-18(25)17(24)19(26)21(27-2)29-20/h4-10,17-21,24-26H,3H2,1-2H3/t17-,18-,19+,20+,21-/m1/s1. The highest BCUT2D eigenvalue weighted by molar-refractivity contribution is 6.35. The molecular formula is C21H23ClO7. The van der Waals surface area contributed by atoms with E-state index < -0.39 is 30.7 Å². The van der Waals surface area contributed by atoms with Gasteiger partial charge in [-0.1, -0.05) is 17.7 Å². The summed E-state index contributed by atoms with van der Waals surface area (Å²) in [6.07, 6.45) is -6.42. The molecule has 0 aromatic heterocycles. The molecule has 7 nitrogen and oxygen atoms in total. The molecule has 1 saturated heterocycles. The van der Waals surface area contributed by atoms with Crippen molar-refractivity contribution in [2.24, 2.45) is 0 Å². The fourth-order valence-electron chi connectivity index (χ4n) is 3.24. The van der Waals surface area contributed by atoms with E-state index >= 15 is 0 Å². The second kappa shape index (κ2) is 9.21. The third-order valence-corrected chi connectivity index (χ3v) is 5.12. The lowest BCUT2D eigenvalue weighted by Gasteiger charge is -2.40. The molecule has 3 N–H and O–H groups in total. The average molecular weight is 423 g/mol. The van der Waals surface area contributed by atoms with Crippen molar-refractivity contribution in [2.75, 3.05) is 13.7 Å². The van der Waals surface area contributed by atoms with Crippen LogP contribution in [0.4, 0.5) is 0 Å². The van der Waals surface area contributed by atoms with Gasteiger partial charge in [0.05, 0.1) is 11.6 Å². The van der Waals surface area contributed by atoms with Crippen LogP contribution in [-0.2, 0) is 9.47 Å². The van der Waals surface area contributed by atoms with E-state index in [-0.39, 0.29) is 16.4 Å². The van der Waals surface area contributed by atoms with Crippen molar-refractivity contribution in [2.45, 2.75) is 37.6 Å². The quantitative estimate of drug-likeness (QED) is 0.612. The molecule has 0 bridgehead atoms. The van der Waals surface area contributed by atoms with Gasteiger partial charge >= 0.3 is 0 Å². The molecule has 0 spiro atoms. The van der Waals surface area contributed by atoms with Crippen LogP contribution in [0.25, 0.3) is 0 Å². The molecule has 0 amide bonds. The summed E-state index contributed by atoms with van der Waals surface area (Å²) in [7, 11) is 1.32. The maximum Gasteiger partial charge on any atom is 0.194 e. The fourth-order valence-corrected chi connectivity index (χ4v) is 3.44. The number of carbonyl (C=O) groups excluding carboxylic acids is 1. The van der Waals surface area contributed by atoms with Crippen molar-refractivity contribution in [1.82, 2.24) is 0 Å². The Kier molecular flexibility index (Phi) is 6.89. The highest BCUT2D eigenvalue weighted by Gasteiger charge is 2.44. The first-order valence-corrected chi connectivity index (χ1v) is 9.54. The molecule has 0 saturated carbocycles. The van der Waals surface area contributed by atoms with Crippen LogP contribution in [0.2, 0.25) is 5.02 Å². The second-order valence-corrected chi connectivity index (χ2v) is 7.07. The number of aliphatic hydroxyl groups is 3. The molecule has 156 valence electrons. The first kappa shape index (κ1) is 21.7. The predicted molar refractivity (Wildman–Crippen MR) is 105 cm³/mol. The van der Waals surface area contributed by atoms with Gasteiger partial charge in [-0.2, -0.15) is 0 Å². The Labute approximate surface area is 173 Å². The zero-order valence-electron chi connectivity index (χ0n) is 16.0. The van der Waals surface area contributed by atoms with Gasteiger partial charge in [-0.05, 0) is 48.9 Å². The van der Waals surface area contributed by atoms with Crippen LogP contribution in [0.3, 0.4) is 0 Å². The normalized spacial score (nSPS) is 26.9. The number of aliphatic hydroxyl groups excluding tert-OH is 3. The summed E-state index contributed by atoms with van der Waals surface area (Å²) in [4.78, 5) is 12.9. The minimum Gasteiger partial charge on any atom is -0.494 e. The smallest absolute Gasteiger partial charge is 0.194 e. The molecular weight excluding hydrogens is 400 g/mol. The number of halogens is 1. The number of hydrogen-bond acceptors (Lipinski definition) is 7. The van der Waals surface area contributed by atoms with Gasteiger partial charge in [0, 0.05) is 18.2 Å². The highest BCUT2D eigenvalue weighted by atomic mass is 35.5. The van der Waals surface area contributed by atoms with E-state index in [0.29, 0.717) is 23.5 Å². The van der Waals surface area contributed by atoms with Gasteiger partial charge in [0.1, 0.15) is 30.2 Å². The van der Waals surface area contributed by atoms with Crippen LogP contribution in [0.5, 0.6) is 5.75 Å². The molecule has 1 heterocycles. The Bertz CT molecular complexity index is 853. The van der Waals surface area contributed by atoms with Crippen molar-refractivity contribution in [3.05, 3.63) is 64.2 Å². The van der Waals surface area contributed by atoms with Crippen molar-refractivity contribution < 1.29 is 34.3 Å². The Morgan fingerprint density at radius 3 is 2.38 bits per heavy atom. The molecule has 8 heteroatoms. The number of carbonyl (C=O) groups is 1. The van der Waals surface area contributed by atoms with Crippen LogP contribution < -0.4 is 4.74 Å². The number of methoxy groups -OCH3 is 1. The van der Waals surface area contributed by atoms with Crippen LogP contribution in [0, 0.1) is 0 Å². The van der Waals surface area contributed by atoms with Crippen molar-refractivity contribution >= 4 is 17.4 Å². The number of rotatable bonds is 6. The molecule has 3 rings (SSSR count). The van der Waals surface area contributed by atoms with E-state index in [0.717, 1.165) is 0 Å². The fraction of sp³-hybridized carbons (Fsp3) is 0.381. The summed E-state index contributed by atoms with van der Waals surface area (Å²) in [5.41, 5.74) is 1.06. The summed E-state index contributed by atoms with van der Waals surface area (Å²) in [5, 5.41) is 30.6. The molecule has 0 unspecified atom stereocenters. The molecule has 1 fully saturated rings. The zero-order chi connectivity index (χ0) is 21.1. The molecule has 0 radical (unpaired) electrons. The Morgan fingerprint density at radius 2 is 1.76 bits per heavy atom. The first-order valence-electron chi connectivity index (χ1n) is 9.16. The molecule has 29 heavy (non-hydrogen) atoms. The molecule has 5 atom stereocenters. The SMILES string of the molecule is CCOc1ccc(C(=O)c2cc([C@@H]3O[C@@H](OC)[C@@H](O)[C@H](O)[C@H]3O)ccc2Cl)cc1. The van der Waals surface area contributed by atoms with Crippen molar-refractivity contribution in [3.8, 4) is 5.75 Å². The van der Waals surface area contributed by atoms with E-state index in [9.17, 15) is 20.1 Å². The second-order valence-electron chi connectivity index (χ2n) is 6.66. The summed E-state index contributed by atoms with van der Waals surface area (Å²) >= 11 is 6.24. The van der Waals surface area contributed by atoms with Gasteiger partial charge < -0.3 is 29.5 Å².